The van der Waals surface area contributed by atoms with Gasteiger partial charge in [0, 0.05) is 16.7 Å². The highest BCUT2D eigenvalue weighted by Crippen LogP contribution is 2.27. The molecule has 1 N–H and O–H groups in total. The molecule has 4 rings (SSSR count). The van der Waals surface area contributed by atoms with Crippen LogP contribution in [-0.4, -0.2) is 46.5 Å². The Morgan fingerprint density at radius 3 is 2.81 bits per heavy atom. The summed E-state index contributed by atoms with van der Waals surface area (Å²) in [5.41, 5.74) is 2.64. The molecule has 0 bridgehead atoms. The number of nitrogens with one attached hydrogen (secondary N) is 1. The number of rotatable bonds is 7. The normalized spacial score (nSPS) is 15.6. The zero-order valence-corrected chi connectivity index (χ0v) is 19.8. The first-order valence-corrected chi connectivity index (χ1v) is 12.4. The summed E-state index contributed by atoms with van der Waals surface area (Å²) < 4.78 is 5.16. The summed E-state index contributed by atoms with van der Waals surface area (Å²) in [6.07, 6.45) is 0.181. The number of thiazole rings is 1. The van der Waals surface area contributed by atoms with Gasteiger partial charge in [0.2, 0.25) is 11.8 Å². The molecule has 2 heterocycles. The van der Waals surface area contributed by atoms with Gasteiger partial charge in [0.1, 0.15) is 16.8 Å². The van der Waals surface area contributed by atoms with Gasteiger partial charge < -0.3 is 15.0 Å². The molecule has 1 fully saturated rings. The smallest absolute Gasteiger partial charge is 0.244 e. The van der Waals surface area contributed by atoms with E-state index in [2.05, 4.69) is 10.3 Å². The molecule has 0 spiro atoms. The molecule has 9 heteroatoms. The van der Waals surface area contributed by atoms with Gasteiger partial charge in [-0.25, -0.2) is 4.98 Å². The largest absolute Gasteiger partial charge is 0.495 e. The van der Waals surface area contributed by atoms with Crippen LogP contribution in [0.2, 0.25) is 5.02 Å². The minimum Gasteiger partial charge on any atom is -0.495 e. The zero-order valence-electron chi connectivity index (χ0n) is 17.4. The van der Waals surface area contributed by atoms with Crippen LogP contribution >= 0.6 is 34.7 Å². The SMILES string of the molecule is COc1ccc(CC(=O)N2CSCC2C(=O)NCc2csc(-c3ccccc3)n2)cc1Cl. The molecule has 1 unspecified atom stereocenters. The molecule has 0 aliphatic carbocycles. The van der Waals surface area contributed by atoms with Gasteiger partial charge in [-0.15, -0.1) is 23.1 Å². The van der Waals surface area contributed by atoms with E-state index in [1.807, 2.05) is 41.8 Å². The predicted octanol–water partition coefficient (Wildman–Crippen LogP) is 4.23. The number of hydrogen-bond donors (Lipinski definition) is 1. The first-order chi connectivity index (χ1) is 15.5. The number of carbonyl (C=O) groups is 2. The van der Waals surface area contributed by atoms with Crippen LogP contribution in [0, 0.1) is 0 Å². The van der Waals surface area contributed by atoms with E-state index >= 15 is 0 Å². The van der Waals surface area contributed by atoms with Crippen LogP contribution in [0.25, 0.3) is 10.6 Å². The topological polar surface area (TPSA) is 71.5 Å². The van der Waals surface area contributed by atoms with Gasteiger partial charge in [0.15, 0.2) is 0 Å². The van der Waals surface area contributed by atoms with Crippen molar-refractivity contribution in [1.29, 1.82) is 0 Å². The Hall–Kier alpha value is -2.55. The van der Waals surface area contributed by atoms with Crippen molar-refractivity contribution in [3.05, 3.63) is 70.2 Å². The molecule has 1 aromatic heterocycles. The lowest BCUT2D eigenvalue weighted by Crippen LogP contribution is -2.47. The third-order valence-electron chi connectivity index (χ3n) is 5.09. The van der Waals surface area contributed by atoms with Gasteiger partial charge in [0.25, 0.3) is 0 Å². The quantitative estimate of drug-likeness (QED) is 0.540. The fourth-order valence-electron chi connectivity index (χ4n) is 3.40. The Labute approximate surface area is 199 Å². The third kappa shape index (κ3) is 5.26. The standard InChI is InChI=1S/C23H22ClN3O3S2/c1-30-20-8-7-15(9-18(20)24)10-21(28)27-14-31-13-19(27)22(29)25-11-17-12-32-23(26-17)16-5-3-2-4-6-16/h2-9,12,19H,10-11,13-14H2,1H3,(H,25,29). The molecular formula is C23H22ClN3O3S2. The zero-order chi connectivity index (χ0) is 22.5. The highest BCUT2D eigenvalue weighted by Gasteiger charge is 2.34. The van der Waals surface area contributed by atoms with Gasteiger partial charge >= 0.3 is 0 Å². The van der Waals surface area contributed by atoms with Crippen LogP contribution in [-0.2, 0) is 22.6 Å². The number of methoxy groups -OCH3 is 1. The number of ether oxygens (including phenoxy) is 1. The Balaban J connectivity index is 1.34. The lowest BCUT2D eigenvalue weighted by Gasteiger charge is -2.23. The van der Waals surface area contributed by atoms with Crippen LogP contribution in [0.5, 0.6) is 5.75 Å². The van der Waals surface area contributed by atoms with Gasteiger partial charge in [-0.2, -0.15) is 0 Å². The molecule has 1 aliphatic heterocycles. The second kappa shape index (κ2) is 10.4. The van der Waals surface area contributed by atoms with E-state index in [9.17, 15) is 9.59 Å². The first-order valence-electron chi connectivity index (χ1n) is 10.0. The summed E-state index contributed by atoms with van der Waals surface area (Å²) in [5, 5.41) is 6.26. The molecule has 1 saturated heterocycles. The maximum Gasteiger partial charge on any atom is 0.244 e. The molecule has 0 radical (unpaired) electrons. The minimum absolute atomic E-state index is 0.101. The Morgan fingerprint density at radius 2 is 2.06 bits per heavy atom. The second-order valence-electron chi connectivity index (χ2n) is 7.25. The average Bonchev–Trinajstić information content (AvgIpc) is 3.48. The number of hydrogen-bond acceptors (Lipinski definition) is 6. The van der Waals surface area contributed by atoms with Crippen molar-refractivity contribution in [2.24, 2.45) is 0 Å². The van der Waals surface area contributed by atoms with E-state index in [0.29, 0.717) is 28.9 Å². The Morgan fingerprint density at radius 1 is 1.25 bits per heavy atom. The van der Waals surface area contributed by atoms with Crippen molar-refractivity contribution in [3.63, 3.8) is 0 Å². The molecule has 32 heavy (non-hydrogen) atoms. The summed E-state index contributed by atoms with van der Waals surface area (Å²) in [5.74, 6) is 1.37. The summed E-state index contributed by atoms with van der Waals surface area (Å²) >= 11 is 9.29. The fourth-order valence-corrected chi connectivity index (χ4v) is 5.69. The highest BCUT2D eigenvalue weighted by molar-refractivity contribution is 7.99. The third-order valence-corrected chi connectivity index (χ3v) is 7.34. The lowest BCUT2D eigenvalue weighted by atomic mass is 10.1. The molecule has 6 nitrogen and oxygen atoms in total. The summed E-state index contributed by atoms with van der Waals surface area (Å²) in [4.78, 5) is 31.9. The average molecular weight is 488 g/mol. The highest BCUT2D eigenvalue weighted by atomic mass is 35.5. The number of halogens is 1. The second-order valence-corrected chi connectivity index (χ2v) is 9.52. The van der Waals surface area contributed by atoms with E-state index in [-0.39, 0.29) is 18.2 Å². The van der Waals surface area contributed by atoms with E-state index in [1.54, 1.807) is 47.2 Å². The number of aromatic nitrogens is 1. The maximum atomic E-state index is 12.9. The molecule has 2 amide bonds. The van der Waals surface area contributed by atoms with Gasteiger partial charge in [-0.1, -0.05) is 48.0 Å². The number of nitrogens with zero attached hydrogens (tertiary/aromatic N) is 2. The molecular weight excluding hydrogens is 466 g/mol. The van der Waals surface area contributed by atoms with Crippen LogP contribution in [0.4, 0.5) is 0 Å². The maximum absolute atomic E-state index is 12.9. The molecule has 166 valence electrons. The minimum atomic E-state index is -0.492. The van der Waals surface area contributed by atoms with Crippen LogP contribution in [0.1, 0.15) is 11.3 Å². The first kappa shape index (κ1) is 22.6. The monoisotopic (exact) mass is 487 g/mol. The number of thioether (sulfide) groups is 1. The van der Waals surface area contributed by atoms with Gasteiger partial charge in [0.05, 0.1) is 36.7 Å². The van der Waals surface area contributed by atoms with E-state index in [4.69, 9.17) is 16.3 Å². The van der Waals surface area contributed by atoms with Crippen molar-refractivity contribution in [3.8, 4) is 16.3 Å². The van der Waals surface area contributed by atoms with E-state index < -0.39 is 6.04 Å². The Bertz CT molecular complexity index is 1110. The Kier molecular flexibility index (Phi) is 7.34. The number of amides is 2. The van der Waals surface area contributed by atoms with Crippen molar-refractivity contribution in [1.82, 2.24) is 15.2 Å². The van der Waals surface area contributed by atoms with Crippen molar-refractivity contribution in [2.75, 3.05) is 18.7 Å². The molecule has 3 aromatic rings. The molecule has 1 aliphatic rings. The van der Waals surface area contributed by atoms with Crippen LogP contribution in [0.3, 0.4) is 0 Å². The van der Waals surface area contributed by atoms with Gasteiger partial charge in [-0.05, 0) is 17.7 Å². The summed E-state index contributed by atoms with van der Waals surface area (Å²) in [7, 11) is 1.55. The molecule has 0 saturated carbocycles. The predicted molar refractivity (Wildman–Crippen MR) is 129 cm³/mol. The van der Waals surface area contributed by atoms with Gasteiger partial charge in [-0.3, -0.25) is 9.59 Å². The summed E-state index contributed by atoms with van der Waals surface area (Å²) in [6.45, 7) is 0.333. The number of carbonyl (C=O) groups excluding carboxylic acids is 2. The van der Waals surface area contributed by atoms with Crippen molar-refractivity contribution in [2.45, 2.75) is 19.0 Å². The molecule has 2 aromatic carbocycles. The molecule has 1 atom stereocenters. The van der Waals surface area contributed by atoms with E-state index in [0.717, 1.165) is 21.8 Å². The fraction of sp³-hybridized carbons (Fsp3) is 0.261. The van der Waals surface area contributed by atoms with Crippen molar-refractivity contribution < 1.29 is 14.3 Å². The van der Waals surface area contributed by atoms with Crippen molar-refractivity contribution >= 4 is 46.5 Å². The summed E-state index contributed by atoms with van der Waals surface area (Å²) in [6, 6.07) is 14.7. The lowest BCUT2D eigenvalue weighted by molar-refractivity contribution is -0.137. The number of benzene rings is 2. The van der Waals surface area contributed by atoms with Crippen LogP contribution in [0.15, 0.2) is 53.9 Å². The van der Waals surface area contributed by atoms with Crippen LogP contribution < -0.4 is 10.1 Å². The van der Waals surface area contributed by atoms with E-state index in [1.165, 1.54) is 0 Å².